The van der Waals surface area contributed by atoms with Crippen LogP contribution in [0.3, 0.4) is 0 Å². The summed E-state index contributed by atoms with van der Waals surface area (Å²) in [7, 11) is 5.03. The van der Waals surface area contributed by atoms with Crippen molar-refractivity contribution < 1.29 is 9.47 Å². The molecule has 0 saturated carbocycles. The zero-order valence-corrected chi connectivity index (χ0v) is 10.6. The molecule has 0 unspecified atom stereocenters. The number of benzene rings is 1. The first-order valence-corrected chi connectivity index (χ1v) is 5.51. The predicted molar refractivity (Wildman–Crippen MR) is 70.1 cm³/mol. The molecule has 0 radical (unpaired) electrons. The molecule has 0 aliphatic heterocycles. The second-order valence-corrected chi connectivity index (χ2v) is 3.62. The van der Waals surface area contributed by atoms with E-state index >= 15 is 0 Å². The van der Waals surface area contributed by atoms with Gasteiger partial charge in [0.15, 0.2) is 0 Å². The zero-order valence-electron chi connectivity index (χ0n) is 10.6. The van der Waals surface area contributed by atoms with Crippen molar-refractivity contribution in [2.24, 2.45) is 0 Å². The first-order chi connectivity index (χ1) is 8.76. The van der Waals surface area contributed by atoms with Crippen LogP contribution in [-0.2, 0) is 0 Å². The summed E-state index contributed by atoms with van der Waals surface area (Å²) in [6.07, 6.45) is 1.71. The first kappa shape index (κ1) is 12.2. The Labute approximate surface area is 106 Å². The fourth-order valence-electron chi connectivity index (χ4n) is 1.60. The largest absolute Gasteiger partial charge is 0.497 e. The molecule has 2 rings (SSSR count). The van der Waals surface area contributed by atoms with Crippen LogP contribution in [0.5, 0.6) is 11.5 Å². The van der Waals surface area contributed by atoms with Gasteiger partial charge in [0.25, 0.3) is 0 Å². The summed E-state index contributed by atoms with van der Waals surface area (Å²) in [5.41, 5.74) is 1.73. The second-order valence-electron chi connectivity index (χ2n) is 3.62. The average Bonchev–Trinajstić information content (AvgIpc) is 2.46. The highest BCUT2D eigenvalue weighted by Gasteiger charge is 2.06. The van der Waals surface area contributed by atoms with Gasteiger partial charge in [0.1, 0.15) is 11.5 Å². The van der Waals surface area contributed by atoms with Crippen LogP contribution < -0.4 is 14.8 Å². The third-order valence-electron chi connectivity index (χ3n) is 2.53. The standard InChI is InChI=1S/C13H15N3O2/c1-14-13-15-5-4-12(16-13)9-6-10(17-2)8-11(7-9)18-3/h4-8H,1-3H3,(H,14,15,16). The molecular weight excluding hydrogens is 230 g/mol. The van der Waals surface area contributed by atoms with E-state index in [9.17, 15) is 0 Å². The van der Waals surface area contributed by atoms with Gasteiger partial charge in [0, 0.05) is 24.9 Å². The summed E-state index contributed by atoms with van der Waals surface area (Å²) in [4.78, 5) is 8.46. The maximum atomic E-state index is 5.24. The number of nitrogens with one attached hydrogen (secondary N) is 1. The van der Waals surface area contributed by atoms with Crippen molar-refractivity contribution in [1.29, 1.82) is 0 Å². The number of aromatic nitrogens is 2. The smallest absolute Gasteiger partial charge is 0.222 e. The fraction of sp³-hybridized carbons (Fsp3) is 0.231. The Hall–Kier alpha value is -2.30. The molecule has 1 heterocycles. The molecule has 1 aromatic heterocycles. The number of hydrogen-bond donors (Lipinski definition) is 1. The number of nitrogens with zero attached hydrogens (tertiary/aromatic N) is 2. The van der Waals surface area contributed by atoms with Crippen molar-refractivity contribution in [1.82, 2.24) is 9.97 Å². The average molecular weight is 245 g/mol. The van der Waals surface area contributed by atoms with Gasteiger partial charge in [-0.05, 0) is 18.2 Å². The summed E-state index contributed by atoms with van der Waals surface area (Å²) < 4.78 is 10.5. The summed E-state index contributed by atoms with van der Waals surface area (Å²) >= 11 is 0. The van der Waals surface area contributed by atoms with Gasteiger partial charge in [0.2, 0.25) is 5.95 Å². The van der Waals surface area contributed by atoms with E-state index in [0.717, 1.165) is 22.8 Å². The summed E-state index contributed by atoms with van der Waals surface area (Å²) in [5.74, 6) is 2.04. The van der Waals surface area contributed by atoms with Crippen LogP contribution >= 0.6 is 0 Å². The van der Waals surface area contributed by atoms with Crippen molar-refractivity contribution in [3.63, 3.8) is 0 Å². The van der Waals surface area contributed by atoms with Crippen LogP contribution in [0.15, 0.2) is 30.5 Å². The van der Waals surface area contributed by atoms with Gasteiger partial charge >= 0.3 is 0 Å². The molecule has 0 spiro atoms. The Morgan fingerprint density at radius 3 is 2.28 bits per heavy atom. The number of hydrogen-bond acceptors (Lipinski definition) is 5. The topological polar surface area (TPSA) is 56.3 Å². The molecule has 1 N–H and O–H groups in total. The van der Waals surface area contributed by atoms with Crippen molar-refractivity contribution >= 4 is 5.95 Å². The SMILES string of the molecule is CNc1nccc(-c2cc(OC)cc(OC)c2)n1. The highest BCUT2D eigenvalue weighted by atomic mass is 16.5. The molecule has 0 amide bonds. The van der Waals surface area contributed by atoms with Crippen LogP contribution in [0.2, 0.25) is 0 Å². The van der Waals surface area contributed by atoms with E-state index in [2.05, 4.69) is 15.3 Å². The maximum absolute atomic E-state index is 5.24. The van der Waals surface area contributed by atoms with Crippen LogP contribution in [0.4, 0.5) is 5.95 Å². The van der Waals surface area contributed by atoms with Gasteiger partial charge in [-0.25, -0.2) is 9.97 Å². The van der Waals surface area contributed by atoms with Crippen molar-refractivity contribution in [2.75, 3.05) is 26.6 Å². The van der Waals surface area contributed by atoms with E-state index in [1.54, 1.807) is 27.5 Å². The lowest BCUT2D eigenvalue weighted by Gasteiger charge is -2.08. The van der Waals surface area contributed by atoms with E-state index in [4.69, 9.17) is 9.47 Å². The van der Waals surface area contributed by atoms with Gasteiger partial charge in [-0.3, -0.25) is 0 Å². The molecule has 0 atom stereocenters. The minimum Gasteiger partial charge on any atom is -0.497 e. The van der Waals surface area contributed by atoms with Gasteiger partial charge in [-0.1, -0.05) is 0 Å². The molecule has 18 heavy (non-hydrogen) atoms. The first-order valence-electron chi connectivity index (χ1n) is 5.51. The van der Waals surface area contributed by atoms with Crippen molar-refractivity contribution in [3.05, 3.63) is 30.5 Å². The van der Waals surface area contributed by atoms with E-state index in [1.807, 2.05) is 24.3 Å². The Bertz CT molecular complexity index is 521. The molecule has 0 saturated heterocycles. The van der Waals surface area contributed by atoms with Gasteiger partial charge < -0.3 is 14.8 Å². The number of anilines is 1. The van der Waals surface area contributed by atoms with Crippen molar-refractivity contribution in [2.45, 2.75) is 0 Å². The van der Waals surface area contributed by atoms with Gasteiger partial charge in [-0.2, -0.15) is 0 Å². The number of methoxy groups -OCH3 is 2. The summed E-state index contributed by atoms with van der Waals surface area (Å²) in [6.45, 7) is 0. The molecule has 5 nitrogen and oxygen atoms in total. The minimum absolute atomic E-state index is 0.578. The second kappa shape index (κ2) is 5.35. The minimum atomic E-state index is 0.578. The lowest BCUT2D eigenvalue weighted by Crippen LogP contribution is -1.97. The van der Waals surface area contributed by atoms with Gasteiger partial charge in [0.05, 0.1) is 19.9 Å². The molecule has 5 heteroatoms. The number of rotatable bonds is 4. The normalized spacial score (nSPS) is 9.94. The third-order valence-corrected chi connectivity index (χ3v) is 2.53. The van der Waals surface area contributed by atoms with Crippen LogP contribution in [0, 0.1) is 0 Å². The quantitative estimate of drug-likeness (QED) is 0.895. The highest BCUT2D eigenvalue weighted by Crippen LogP contribution is 2.28. The molecule has 1 aromatic carbocycles. The molecule has 0 bridgehead atoms. The molecule has 94 valence electrons. The monoisotopic (exact) mass is 245 g/mol. The summed E-state index contributed by atoms with van der Waals surface area (Å²) in [5, 5.41) is 2.91. The fourth-order valence-corrected chi connectivity index (χ4v) is 1.60. The van der Waals surface area contributed by atoms with E-state index in [-0.39, 0.29) is 0 Å². The molecular formula is C13H15N3O2. The zero-order chi connectivity index (χ0) is 13.0. The van der Waals surface area contributed by atoms with Crippen molar-refractivity contribution in [3.8, 4) is 22.8 Å². The Morgan fingerprint density at radius 2 is 1.72 bits per heavy atom. The van der Waals surface area contributed by atoms with E-state index in [1.165, 1.54) is 0 Å². The highest BCUT2D eigenvalue weighted by molar-refractivity contribution is 5.64. The lowest BCUT2D eigenvalue weighted by atomic mass is 10.1. The van der Waals surface area contributed by atoms with E-state index < -0.39 is 0 Å². The predicted octanol–water partition coefficient (Wildman–Crippen LogP) is 2.20. The van der Waals surface area contributed by atoms with Crippen LogP contribution in [-0.4, -0.2) is 31.2 Å². The molecule has 0 aliphatic rings. The van der Waals surface area contributed by atoms with Crippen LogP contribution in [0.25, 0.3) is 11.3 Å². The molecule has 2 aromatic rings. The molecule has 0 aliphatic carbocycles. The molecule has 0 fully saturated rings. The summed E-state index contributed by atoms with van der Waals surface area (Å²) in [6, 6.07) is 7.48. The van der Waals surface area contributed by atoms with Crippen LogP contribution in [0.1, 0.15) is 0 Å². The lowest BCUT2D eigenvalue weighted by molar-refractivity contribution is 0.394. The third kappa shape index (κ3) is 2.51. The maximum Gasteiger partial charge on any atom is 0.222 e. The Balaban J connectivity index is 2.48. The van der Waals surface area contributed by atoms with Gasteiger partial charge in [-0.15, -0.1) is 0 Å². The number of ether oxygens (including phenoxy) is 2. The Kier molecular flexibility index (Phi) is 3.62. The van der Waals surface area contributed by atoms with E-state index in [0.29, 0.717) is 5.95 Å². The Morgan fingerprint density at radius 1 is 1.06 bits per heavy atom.